The van der Waals surface area contributed by atoms with Crippen molar-refractivity contribution in [2.24, 2.45) is 0 Å². The van der Waals surface area contributed by atoms with Crippen LogP contribution in [-0.2, 0) is 4.79 Å². The second-order valence-electron chi connectivity index (χ2n) is 3.36. The summed E-state index contributed by atoms with van der Waals surface area (Å²) in [6.45, 7) is 3.46. The van der Waals surface area contributed by atoms with Gasteiger partial charge < -0.3 is 10.2 Å². The molecule has 0 atom stereocenters. The number of hydrogen-bond donors (Lipinski definition) is 1. The van der Waals surface area contributed by atoms with Gasteiger partial charge in [-0.1, -0.05) is 6.92 Å². The molecule has 0 fully saturated rings. The van der Waals surface area contributed by atoms with E-state index in [1.165, 1.54) is 0 Å². The molecule has 0 aromatic carbocycles. The van der Waals surface area contributed by atoms with Crippen LogP contribution in [0, 0.1) is 0 Å². The van der Waals surface area contributed by atoms with Crippen molar-refractivity contribution in [1.82, 2.24) is 4.98 Å². The molecule has 4 heteroatoms. The van der Waals surface area contributed by atoms with Crippen molar-refractivity contribution in [3.63, 3.8) is 0 Å². The van der Waals surface area contributed by atoms with Crippen molar-refractivity contribution in [2.45, 2.75) is 13.3 Å². The van der Waals surface area contributed by atoms with Gasteiger partial charge in [0.1, 0.15) is 0 Å². The van der Waals surface area contributed by atoms with Crippen molar-refractivity contribution in [3.8, 4) is 0 Å². The first-order chi connectivity index (χ1) is 6.81. The maximum Gasteiger partial charge on any atom is 0.243 e. The lowest BCUT2D eigenvalue weighted by atomic mass is 10.2. The highest BCUT2D eigenvalue weighted by Crippen LogP contribution is 2.27. The van der Waals surface area contributed by atoms with E-state index in [2.05, 4.69) is 22.1 Å². The lowest BCUT2D eigenvalue weighted by molar-refractivity contribution is -0.115. The molecule has 74 valence electrons. The zero-order chi connectivity index (χ0) is 9.97. The molecule has 0 spiro atoms. The Kier molecular flexibility index (Phi) is 2.35. The Morgan fingerprint density at radius 2 is 2.50 bits per heavy atom. The van der Waals surface area contributed by atoms with Crippen molar-refractivity contribution < 1.29 is 4.79 Å². The zero-order valence-electron chi connectivity index (χ0n) is 8.16. The molecule has 2 rings (SSSR count). The van der Waals surface area contributed by atoms with Crippen LogP contribution in [0.4, 0.5) is 11.4 Å². The van der Waals surface area contributed by atoms with Crippen LogP contribution in [0.5, 0.6) is 0 Å². The molecular weight excluding hydrogens is 178 g/mol. The smallest absolute Gasteiger partial charge is 0.243 e. The lowest BCUT2D eigenvalue weighted by Gasteiger charge is -2.30. The molecule has 0 unspecified atom stereocenters. The fourth-order valence-electron chi connectivity index (χ4n) is 1.68. The Hall–Kier alpha value is -1.58. The summed E-state index contributed by atoms with van der Waals surface area (Å²) in [7, 11) is 0. The van der Waals surface area contributed by atoms with Crippen LogP contribution in [0.15, 0.2) is 18.5 Å². The third kappa shape index (κ3) is 1.55. The molecule has 0 saturated carbocycles. The van der Waals surface area contributed by atoms with Gasteiger partial charge in [0.15, 0.2) is 0 Å². The molecule has 1 aliphatic heterocycles. The number of anilines is 2. The third-order valence-electron chi connectivity index (χ3n) is 2.24. The van der Waals surface area contributed by atoms with Crippen LogP contribution in [0.1, 0.15) is 13.3 Å². The highest BCUT2D eigenvalue weighted by Gasteiger charge is 2.20. The molecule has 4 nitrogen and oxygen atoms in total. The number of aromatic nitrogens is 1. The highest BCUT2D eigenvalue weighted by atomic mass is 16.2. The summed E-state index contributed by atoms with van der Waals surface area (Å²) in [6, 6.07) is 1.93. The number of amides is 1. The van der Waals surface area contributed by atoms with Crippen molar-refractivity contribution in [3.05, 3.63) is 18.5 Å². The van der Waals surface area contributed by atoms with Crippen LogP contribution in [0.25, 0.3) is 0 Å². The van der Waals surface area contributed by atoms with Gasteiger partial charge in [-0.25, -0.2) is 0 Å². The first-order valence-corrected chi connectivity index (χ1v) is 4.80. The predicted molar refractivity (Wildman–Crippen MR) is 55.4 cm³/mol. The number of rotatable bonds is 2. The maximum absolute atomic E-state index is 11.3. The average Bonchev–Trinajstić information content (AvgIpc) is 2.18. The molecule has 1 aromatic rings. The van der Waals surface area contributed by atoms with E-state index in [1.54, 1.807) is 12.4 Å². The Morgan fingerprint density at radius 1 is 1.64 bits per heavy atom. The van der Waals surface area contributed by atoms with Gasteiger partial charge in [-0.2, -0.15) is 0 Å². The molecule has 14 heavy (non-hydrogen) atoms. The second-order valence-corrected chi connectivity index (χ2v) is 3.36. The summed E-state index contributed by atoms with van der Waals surface area (Å²) in [5.74, 6) is 0.0407. The average molecular weight is 191 g/mol. The summed E-state index contributed by atoms with van der Waals surface area (Å²) in [5, 5.41) is 2.81. The Morgan fingerprint density at radius 3 is 3.29 bits per heavy atom. The number of nitrogens with zero attached hydrogens (tertiary/aromatic N) is 2. The Labute approximate surface area is 82.9 Å². The van der Waals surface area contributed by atoms with E-state index in [9.17, 15) is 4.79 Å². The Balaban J connectivity index is 2.33. The summed E-state index contributed by atoms with van der Waals surface area (Å²) >= 11 is 0. The molecule has 0 radical (unpaired) electrons. The number of pyridine rings is 1. The molecule has 0 bridgehead atoms. The van der Waals surface area contributed by atoms with Crippen LogP contribution in [-0.4, -0.2) is 24.0 Å². The van der Waals surface area contributed by atoms with E-state index >= 15 is 0 Å². The van der Waals surface area contributed by atoms with Gasteiger partial charge in [-0.05, 0) is 12.5 Å². The molecule has 1 amide bonds. The highest BCUT2D eigenvalue weighted by molar-refractivity contribution is 6.00. The summed E-state index contributed by atoms with van der Waals surface area (Å²) in [6.07, 6.45) is 4.48. The molecule has 1 N–H and O–H groups in total. The van der Waals surface area contributed by atoms with Crippen molar-refractivity contribution >= 4 is 17.3 Å². The molecule has 0 aliphatic carbocycles. The summed E-state index contributed by atoms with van der Waals surface area (Å²) < 4.78 is 0. The molecule has 1 aliphatic rings. The van der Waals surface area contributed by atoms with E-state index in [4.69, 9.17) is 0 Å². The summed E-state index contributed by atoms with van der Waals surface area (Å²) in [4.78, 5) is 17.4. The number of hydrogen-bond acceptors (Lipinski definition) is 3. The monoisotopic (exact) mass is 191 g/mol. The van der Waals surface area contributed by atoms with Crippen molar-refractivity contribution in [2.75, 3.05) is 23.3 Å². The number of carbonyl (C=O) groups is 1. The molecule has 1 aromatic heterocycles. The normalized spacial score (nSPS) is 14.9. The first-order valence-electron chi connectivity index (χ1n) is 4.80. The van der Waals surface area contributed by atoms with Gasteiger partial charge in [0, 0.05) is 12.7 Å². The van der Waals surface area contributed by atoms with Gasteiger partial charge >= 0.3 is 0 Å². The minimum atomic E-state index is 0.0407. The van der Waals surface area contributed by atoms with E-state index < -0.39 is 0 Å². The van der Waals surface area contributed by atoms with E-state index in [1.807, 2.05) is 6.07 Å². The number of fused-ring (bicyclic) bond motifs is 1. The van der Waals surface area contributed by atoms with Gasteiger partial charge in [0.2, 0.25) is 5.91 Å². The number of nitrogens with one attached hydrogen (secondary N) is 1. The van der Waals surface area contributed by atoms with Crippen LogP contribution in [0.3, 0.4) is 0 Å². The van der Waals surface area contributed by atoms with Gasteiger partial charge in [0.05, 0.1) is 24.1 Å². The van der Waals surface area contributed by atoms with Crippen molar-refractivity contribution in [1.29, 1.82) is 0 Å². The molecule has 0 saturated heterocycles. The fraction of sp³-hybridized carbons (Fsp3) is 0.400. The van der Waals surface area contributed by atoms with E-state index in [0.29, 0.717) is 6.54 Å². The van der Waals surface area contributed by atoms with Crippen LogP contribution in [0.2, 0.25) is 0 Å². The third-order valence-corrected chi connectivity index (χ3v) is 2.24. The number of carbonyl (C=O) groups excluding carboxylic acids is 1. The standard InChI is InChI=1S/C10H13N3O/c1-2-5-13-7-10(14)12-8-6-11-4-3-9(8)13/h3-4,6H,2,5,7H2,1H3,(H,12,14). The van der Waals surface area contributed by atoms with E-state index in [0.717, 1.165) is 24.3 Å². The second kappa shape index (κ2) is 3.65. The minimum Gasteiger partial charge on any atom is -0.360 e. The predicted octanol–water partition coefficient (Wildman–Crippen LogP) is 1.25. The van der Waals surface area contributed by atoms with Crippen LogP contribution < -0.4 is 10.2 Å². The molecule has 2 heterocycles. The SMILES string of the molecule is CCCN1CC(=O)Nc2cnccc21. The summed E-state index contributed by atoms with van der Waals surface area (Å²) in [5.41, 5.74) is 1.89. The Bertz CT molecular complexity index is 351. The lowest BCUT2D eigenvalue weighted by Crippen LogP contribution is -2.38. The first kappa shape index (κ1) is 8.99. The topological polar surface area (TPSA) is 45.2 Å². The van der Waals surface area contributed by atoms with Gasteiger partial charge in [-0.3, -0.25) is 9.78 Å². The maximum atomic E-state index is 11.3. The van der Waals surface area contributed by atoms with Gasteiger partial charge in [0.25, 0.3) is 0 Å². The quantitative estimate of drug-likeness (QED) is 0.765. The van der Waals surface area contributed by atoms with Gasteiger partial charge in [-0.15, -0.1) is 0 Å². The van der Waals surface area contributed by atoms with E-state index in [-0.39, 0.29) is 5.91 Å². The molecular formula is C10H13N3O. The zero-order valence-corrected chi connectivity index (χ0v) is 8.16. The van der Waals surface area contributed by atoms with Crippen LogP contribution >= 0.6 is 0 Å². The fourth-order valence-corrected chi connectivity index (χ4v) is 1.68. The largest absolute Gasteiger partial charge is 0.360 e. The minimum absolute atomic E-state index is 0.0407.